The smallest absolute Gasteiger partial charge is 0.328 e. The van der Waals surface area contributed by atoms with E-state index in [2.05, 4.69) is 31.7 Å². The third-order valence-corrected chi connectivity index (χ3v) is 4.42. The van der Waals surface area contributed by atoms with Gasteiger partial charge in [-0.25, -0.2) is 4.79 Å². The van der Waals surface area contributed by atoms with Crippen LogP contribution in [0.3, 0.4) is 0 Å². The molecule has 4 heteroatoms. The van der Waals surface area contributed by atoms with Crippen molar-refractivity contribution < 1.29 is 14.3 Å². The van der Waals surface area contributed by atoms with Crippen LogP contribution in [0, 0.1) is 0 Å². The fourth-order valence-electron chi connectivity index (χ4n) is 3.57. The van der Waals surface area contributed by atoms with Gasteiger partial charge in [0.05, 0.1) is 14.2 Å². The number of carbonyl (C=O) groups excluding carboxylic acids is 1. The van der Waals surface area contributed by atoms with Gasteiger partial charge in [-0.3, -0.25) is 0 Å². The minimum atomic E-state index is -0.330. The SMILES string of the molecule is COC(=O)[C@@H](C)N1c2cc(OC)ccc2[C@H](C)CC1(C)C. The normalized spacial score (nSPS) is 21.4. The van der Waals surface area contributed by atoms with Crippen molar-refractivity contribution in [3.8, 4) is 5.75 Å². The summed E-state index contributed by atoms with van der Waals surface area (Å²) in [6, 6.07) is 5.77. The molecule has 0 unspecified atom stereocenters. The van der Waals surface area contributed by atoms with Crippen molar-refractivity contribution in [3.63, 3.8) is 0 Å². The molecule has 2 rings (SSSR count). The summed E-state index contributed by atoms with van der Waals surface area (Å²) in [6.45, 7) is 8.47. The Morgan fingerprint density at radius 3 is 2.62 bits per heavy atom. The van der Waals surface area contributed by atoms with E-state index in [0.717, 1.165) is 17.9 Å². The highest BCUT2D eigenvalue weighted by Gasteiger charge is 2.41. The summed E-state index contributed by atoms with van der Waals surface area (Å²) in [6.07, 6.45) is 0.994. The van der Waals surface area contributed by atoms with Crippen LogP contribution in [0.25, 0.3) is 0 Å². The highest BCUT2D eigenvalue weighted by Crippen LogP contribution is 2.45. The zero-order valence-electron chi connectivity index (χ0n) is 13.8. The molecule has 1 aromatic rings. The molecule has 0 bridgehead atoms. The van der Waals surface area contributed by atoms with E-state index < -0.39 is 0 Å². The first kappa shape index (κ1) is 15.7. The maximum absolute atomic E-state index is 12.0. The second-order valence-corrected chi connectivity index (χ2v) is 6.41. The highest BCUT2D eigenvalue weighted by atomic mass is 16.5. The van der Waals surface area contributed by atoms with Crippen molar-refractivity contribution >= 4 is 11.7 Å². The third kappa shape index (κ3) is 2.71. The average Bonchev–Trinajstić information content (AvgIpc) is 2.44. The first-order valence-corrected chi connectivity index (χ1v) is 7.37. The van der Waals surface area contributed by atoms with E-state index in [1.54, 1.807) is 7.11 Å². The number of rotatable bonds is 3. The molecule has 21 heavy (non-hydrogen) atoms. The van der Waals surface area contributed by atoms with Crippen LogP contribution >= 0.6 is 0 Å². The number of nitrogens with zero attached hydrogens (tertiary/aromatic N) is 1. The number of anilines is 1. The summed E-state index contributed by atoms with van der Waals surface area (Å²) in [5, 5.41) is 0. The lowest BCUT2D eigenvalue weighted by Crippen LogP contribution is -2.55. The van der Waals surface area contributed by atoms with Crippen LogP contribution in [0.1, 0.15) is 45.6 Å². The van der Waals surface area contributed by atoms with Crippen molar-refractivity contribution in [3.05, 3.63) is 23.8 Å². The second kappa shape index (κ2) is 5.58. The van der Waals surface area contributed by atoms with E-state index in [4.69, 9.17) is 9.47 Å². The van der Waals surface area contributed by atoms with Crippen LogP contribution < -0.4 is 9.64 Å². The van der Waals surface area contributed by atoms with Gasteiger partial charge in [0, 0.05) is 17.3 Å². The van der Waals surface area contributed by atoms with Crippen molar-refractivity contribution in [1.29, 1.82) is 0 Å². The summed E-state index contributed by atoms with van der Waals surface area (Å²) in [5.74, 6) is 1.04. The van der Waals surface area contributed by atoms with Gasteiger partial charge in [0.15, 0.2) is 0 Å². The molecule has 0 aromatic heterocycles. The molecule has 116 valence electrons. The van der Waals surface area contributed by atoms with Crippen LogP contribution in [0.15, 0.2) is 18.2 Å². The first-order valence-electron chi connectivity index (χ1n) is 7.37. The molecule has 1 aliphatic heterocycles. The number of hydrogen-bond donors (Lipinski definition) is 0. The molecule has 2 atom stereocenters. The lowest BCUT2D eigenvalue weighted by atomic mass is 9.79. The molecule has 1 aromatic carbocycles. The Labute approximate surface area is 127 Å². The molecule has 0 radical (unpaired) electrons. The quantitative estimate of drug-likeness (QED) is 0.801. The predicted octanol–water partition coefficient (Wildman–Crippen LogP) is 3.35. The molecule has 0 saturated heterocycles. The van der Waals surface area contributed by atoms with Gasteiger partial charge >= 0.3 is 5.97 Å². The predicted molar refractivity (Wildman–Crippen MR) is 84.1 cm³/mol. The molecule has 0 N–H and O–H groups in total. The fourth-order valence-corrected chi connectivity index (χ4v) is 3.57. The Hall–Kier alpha value is -1.71. The summed E-state index contributed by atoms with van der Waals surface area (Å²) >= 11 is 0. The number of ether oxygens (including phenoxy) is 2. The van der Waals surface area contributed by atoms with Crippen LogP contribution in [-0.4, -0.2) is 31.8 Å². The Morgan fingerprint density at radius 1 is 1.38 bits per heavy atom. The van der Waals surface area contributed by atoms with Gasteiger partial charge in [-0.1, -0.05) is 13.0 Å². The first-order chi connectivity index (χ1) is 9.81. The van der Waals surface area contributed by atoms with Crippen molar-refractivity contribution in [2.24, 2.45) is 0 Å². The molecular weight excluding hydrogens is 266 g/mol. The van der Waals surface area contributed by atoms with Crippen LogP contribution in [0.5, 0.6) is 5.75 Å². The van der Waals surface area contributed by atoms with E-state index in [1.165, 1.54) is 12.7 Å². The summed E-state index contributed by atoms with van der Waals surface area (Å²) in [4.78, 5) is 14.2. The summed E-state index contributed by atoms with van der Waals surface area (Å²) in [7, 11) is 3.10. The Balaban J connectivity index is 2.56. The van der Waals surface area contributed by atoms with Gasteiger partial charge in [-0.05, 0) is 44.7 Å². The van der Waals surface area contributed by atoms with Gasteiger partial charge in [-0.2, -0.15) is 0 Å². The van der Waals surface area contributed by atoms with E-state index in [-0.39, 0.29) is 17.6 Å². The van der Waals surface area contributed by atoms with Crippen LogP contribution in [-0.2, 0) is 9.53 Å². The molecule has 0 amide bonds. The number of carbonyl (C=O) groups is 1. The zero-order chi connectivity index (χ0) is 15.8. The largest absolute Gasteiger partial charge is 0.497 e. The van der Waals surface area contributed by atoms with Gasteiger partial charge in [-0.15, -0.1) is 0 Å². The van der Waals surface area contributed by atoms with Crippen molar-refractivity contribution in [2.75, 3.05) is 19.1 Å². The molecule has 1 aliphatic rings. The maximum atomic E-state index is 12.0. The lowest BCUT2D eigenvalue weighted by Gasteiger charge is -2.49. The summed E-state index contributed by atoms with van der Waals surface area (Å²) in [5.41, 5.74) is 2.20. The average molecular weight is 291 g/mol. The third-order valence-electron chi connectivity index (χ3n) is 4.42. The number of fused-ring (bicyclic) bond motifs is 1. The highest BCUT2D eigenvalue weighted by molar-refractivity contribution is 5.81. The Bertz CT molecular complexity index is 539. The van der Waals surface area contributed by atoms with Gasteiger partial charge < -0.3 is 14.4 Å². The fraction of sp³-hybridized carbons (Fsp3) is 0.588. The maximum Gasteiger partial charge on any atom is 0.328 e. The van der Waals surface area contributed by atoms with E-state index >= 15 is 0 Å². The van der Waals surface area contributed by atoms with Crippen LogP contribution in [0.2, 0.25) is 0 Å². The summed E-state index contributed by atoms with van der Waals surface area (Å²) < 4.78 is 10.3. The van der Waals surface area contributed by atoms with E-state index in [0.29, 0.717) is 5.92 Å². The zero-order valence-corrected chi connectivity index (χ0v) is 13.8. The molecule has 4 nitrogen and oxygen atoms in total. The number of esters is 1. The minimum absolute atomic E-state index is 0.119. The van der Waals surface area contributed by atoms with Crippen LogP contribution in [0.4, 0.5) is 5.69 Å². The van der Waals surface area contributed by atoms with Gasteiger partial charge in [0.2, 0.25) is 0 Å². The Morgan fingerprint density at radius 2 is 2.05 bits per heavy atom. The molecule has 0 aliphatic carbocycles. The molecular formula is C17H25NO3. The topological polar surface area (TPSA) is 38.8 Å². The second-order valence-electron chi connectivity index (χ2n) is 6.41. The van der Waals surface area contributed by atoms with Crippen molar-refractivity contribution in [2.45, 2.75) is 51.6 Å². The molecule has 0 fully saturated rings. The minimum Gasteiger partial charge on any atom is -0.497 e. The number of methoxy groups -OCH3 is 2. The van der Waals surface area contributed by atoms with Gasteiger partial charge in [0.25, 0.3) is 0 Å². The monoisotopic (exact) mass is 291 g/mol. The number of benzene rings is 1. The van der Waals surface area contributed by atoms with E-state index in [1.807, 2.05) is 19.1 Å². The standard InChI is InChI=1S/C17H25NO3/c1-11-10-17(3,4)18(12(2)16(19)21-6)15-9-13(20-5)7-8-14(11)15/h7-9,11-12H,10H2,1-6H3/t11-,12-/m1/s1. The molecule has 1 heterocycles. The molecule has 0 spiro atoms. The van der Waals surface area contributed by atoms with E-state index in [9.17, 15) is 4.79 Å². The number of hydrogen-bond acceptors (Lipinski definition) is 4. The lowest BCUT2D eigenvalue weighted by molar-refractivity contribution is -0.142. The molecule has 0 saturated carbocycles. The Kier molecular flexibility index (Phi) is 4.17. The van der Waals surface area contributed by atoms with Crippen molar-refractivity contribution in [1.82, 2.24) is 0 Å². The van der Waals surface area contributed by atoms with Gasteiger partial charge in [0.1, 0.15) is 11.8 Å².